The van der Waals surface area contributed by atoms with Gasteiger partial charge in [0.05, 0.1) is 18.8 Å². The molecule has 0 atom stereocenters. The monoisotopic (exact) mass is 414 g/mol. The smallest absolute Gasteiger partial charge is 0.339 e. The number of carboxylic acids is 1. The molecule has 2 aliphatic rings. The Morgan fingerprint density at radius 3 is 2.93 bits per heavy atom. The predicted octanol–water partition coefficient (Wildman–Crippen LogP) is 2.90. The first-order valence-electron chi connectivity index (χ1n) is 9.39. The molecule has 0 spiro atoms. The number of nitrogens with one attached hydrogen (secondary N) is 1. The zero-order valence-electron chi connectivity index (χ0n) is 15.7. The number of aromatic amines is 1. The van der Waals surface area contributed by atoms with Crippen molar-refractivity contribution in [1.82, 2.24) is 20.3 Å². The highest BCUT2D eigenvalue weighted by atomic mass is 32.1. The number of rotatable bonds is 6. The maximum Gasteiger partial charge on any atom is 0.339 e. The van der Waals surface area contributed by atoms with E-state index in [1.54, 1.807) is 6.92 Å². The largest absolute Gasteiger partial charge is 0.478 e. The van der Waals surface area contributed by atoms with E-state index in [1.807, 2.05) is 0 Å². The number of aryl methyl sites for hydroxylation is 1. The third kappa shape index (κ3) is 3.18. The summed E-state index contributed by atoms with van der Waals surface area (Å²) >= 11 is 1.48. The summed E-state index contributed by atoms with van der Waals surface area (Å²) < 4.78 is 11.1. The van der Waals surface area contributed by atoms with Crippen molar-refractivity contribution >= 4 is 23.1 Å². The lowest BCUT2D eigenvalue weighted by Gasteiger charge is -2.12. The third-order valence-electron chi connectivity index (χ3n) is 5.24. The van der Waals surface area contributed by atoms with Crippen molar-refractivity contribution in [3.8, 4) is 11.5 Å². The number of aromatic carboxylic acids is 1. The molecule has 10 heteroatoms. The highest BCUT2D eigenvalue weighted by molar-refractivity contribution is 7.12. The fourth-order valence-corrected chi connectivity index (χ4v) is 4.91. The van der Waals surface area contributed by atoms with Crippen LogP contribution in [0.25, 0.3) is 11.5 Å². The van der Waals surface area contributed by atoms with Gasteiger partial charge in [0.1, 0.15) is 11.3 Å². The van der Waals surface area contributed by atoms with E-state index in [4.69, 9.17) is 9.26 Å². The van der Waals surface area contributed by atoms with Crippen LogP contribution in [0, 0.1) is 6.92 Å². The van der Waals surface area contributed by atoms with Gasteiger partial charge in [-0.1, -0.05) is 5.16 Å². The maximum absolute atomic E-state index is 12.9. The predicted molar refractivity (Wildman–Crippen MR) is 101 cm³/mol. The molecule has 9 nitrogen and oxygen atoms in total. The van der Waals surface area contributed by atoms with Crippen molar-refractivity contribution in [2.24, 2.45) is 0 Å². The molecular weight excluding hydrogens is 396 g/mol. The molecule has 0 amide bonds. The van der Waals surface area contributed by atoms with E-state index in [0.717, 1.165) is 33.7 Å². The number of hydrogen-bond donors (Lipinski definition) is 2. The summed E-state index contributed by atoms with van der Waals surface area (Å²) in [4.78, 5) is 30.8. The van der Waals surface area contributed by atoms with Crippen LogP contribution >= 0.6 is 11.3 Å². The summed E-state index contributed by atoms with van der Waals surface area (Å²) in [6.07, 6.45) is 2.85. The van der Waals surface area contributed by atoms with Gasteiger partial charge in [0.25, 0.3) is 5.89 Å². The summed E-state index contributed by atoms with van der Waals surface area (Å²) in [5.41, 5.74) is 2.07. The van der Waals surface area contributed by atoms with E-state index in [-0.39, 0.29) is 23.5 Å². The van der Waals surface area contributed by atoms with Gasteiger partial charge in [0.2, 0.25) is 0 Å². The molecule has 1 aliphatic heterocycles. The van der Waals surface area contributed by atoms with Crippen LogP contribution in [0.3, 0.4) is 0 Å². The molecule has 5 rings (SSSR count). The number of ketones is 1. The van der Waals surface area contributed by atoms with Crippen LogP contribution < -0.4 is 0 Å². The van der Waals surface area contributed by atoms with Gasteiger partial charge in [-0.05, 0) is 31.7 Å². The Labute approximate surface area is 169 Å². The molecule has 3 aromatic rings. The van der Waals surface area contributed by atoms with Gasteiger partial charge in [0, 0.05) is 27.8 Å². The number of hydrogen-bond acceptors (Lipinski definition) is 8. The van der Waals surface area contributed by atoms with Crippen molar-refractivity contribution < 1.29 is 24.0 Å². The lowest BCUT2D eigenvalue weighted by Crippen LogP contribution is -2.11. The van der Waals surface area contributed by atoms with Gasteiger partial charge in [-0.25, -0.2) is 4.79 Å². The van der Waals surface area contributed by atoms with E-state index in [1.165, 1.54) is 11.3 Å². The Morgan fingerprint density at radius 1 is 1.34 bits per heavy atom. The molecule has 0 aromatic carbocycles. The highest BCUT2D eigenvalue weighted by Gasteiger charge is 2.32. The highest BCUT2D eigenvalue weighted by Crippen LogP contribution is 2.42. The molecule has 0 unspecified atom stereocenters. The molecule has 150 valence electrons. The number of carbonyl (C=O) groups excluding carboxylic acids is 1. The fraction of sp³-hybridized carbons (Fsp3) is 0.421. The van der Waals surface area contributed by atoms with Crippen LogP contribution in [0.5, 0.6) is 0 Å². The number of carbonyl (C=O) groups is 2. The second-order valence-electron chi connectivity index (χ2n) is 7.31. The molecular formula is C19H18N4O5S. The molecule has 0 saturated heterocycles. The van der Waals surface area contributed by atoms with Crippen LogP contribution in [0.4, 0.5) is 0 Å². The number of thiophene rings is 1. The van der Waals surface area contributed by atoms with E-state index in [2.05, 4.69) is 20.3 Å². The Hall–Kier alpha value is -2.85. The third-order valence-corrected chi connectivity index (χ3v) is 6.44. The van der Waals surface area contributed by atoms with Crippen LogP contribution in [-0.4, -0.2) is 43.8 Å². The SMILES string of the molecule is Cc1[nH]nc(C(=O)Cc2sc3c(c2-c2nc(C4CC4)no2)CCOC3)c1C(=O)O. The average molecular weight is 414 g/mol. The van der Waals surface area contributed by atoms with Gasteiger partial charge in [-0.2, -0.15) is 10.1 Å². The molecule has 2 N–H and O–H groups in total. The first kappa shape index (κ1) is 18.2. The van der Waals surface area contributed by atoms with E-state index >= 15 is 0 Å². The molecule has 1 saturated carbocycles. The van der Waals surface area contributed by atoms with Crippen LogP contribution in [-0.2, 0) is 24.2 Å². The number of Topliss-reactive ketones (excluding diaryl/α,β-unsaturated/α-hetero) is 1. The molecule has 0 radical (unpaired) electrons. The number of ether oxygens (including phenoxy) is 1. The minimum atomic E-state index is -1.18. The van der Waals surface area contributed by atoms with Gasteiger partial charge in [-0.15, -0.1) is 11.3 Å². The second-order valence-corrected chi connectivity index (χ2v) is 8.50. The van der Waals surface area contributed by atoms with Gasteiger partial charge in [-0.3, -0.25) is 9.89 Å². The number of H-pyrrole nitrogens is 1. The zero-order valence-corrected chi connectivity index (χ0v) is 16.5. The summed E-state index contributed by atoms with van der Waals surface area (Å²) in [5.74, 6) is -0.0502. The maximum atomic E-state index is 12.9. The number of carboxylic acid groups (broad SMARTS) is 1. The Bertz CT molecular complexity index is 1120. The Kier molecular flexibility index (Phi) is 4.32. The molecule has 4 heterocycles. The van der Waals surface area contributed by atoms with Crippen molar-refractivity contribution in [2.75, 3.05) is 6.61 Å². The van der Waals surface area contributed by atoms with Gasteiger partial charge >= 0.3 is 5.97 Å². The van der Waals surface area contributed by atoms with Crippen LogP contribution in [0.1, 0.15) is 66.4 Å². The molecule has 29 heavy (non-hydrogen) atoms. The first-order valence-corrected chi connectivity index (χ1v) is 10.2. The standard InChI is InChI=1S/C19H18N4O5S/c1-8-14(19(25)26)16(22-21-8)11(24)6-12-15(10-4-5-27-7-13(10)29-12)18-20-17(23-28-18)9-2-3-9/h9H,2-7H2,1H3,(H,21,22)(H,25,26). The van der Waals surface area contributed by atoms with Crippen molar-refractivity contribution in [3.63, 3.8) is 0 Å². The van der Waals surface area contributed by atoms with Gasteiger partial charge < -0.3 is 14.4 Å². The minimum Gasteiger partial charge on any atom is -0.478 e. The molecule has 0 bridgehead atoms. The van der Waals surface area contributed by atoms with Crippen molar-refractivity contribution in [3.05, 3.63) is 38.1 Å². The normalized spacial score (nSPS) is 16.0. The zero-order chi connectivity index (χ0) is 20.1. The van der Waals surface area contributed by atoms with Crippen LogP contribution in [0.15, 0.2) is 4.52 Å². The Balaban J connectivity index is 1.53. The quantitative estimate of drug-likeness (QED) is 0.589. The Morgan fingerprint density at radius 2 is 2.17 bits per heavy atom. The minimum absolute atomic E-state index is 0.0126. The number of aromatic nitrogens is 4. The van der Waals surface area contributed by atoms with Gasteiger partial charge in [0.15, 0.2) is 11.6 Å². The summed E-state index contributed by atoms with van der Waals surface area (Å²) in [5, 5.41) is 20.0. The lowest BCUT2D eigenvalue weighted by atomic mass is 10.0. The number of fused-ring (bicyclic) bond motifs is 1. The van der Waals surface area contributed by atoms with E-state index in [0.29, 0.717) is 43.0 Å². The molecule has 1 aliphatic carbocycles. The summed E-state index contributed by atoms with van der Waals surface area (Å²) in [6, 6.07) is 0. The van der Waals surface area contributed by atoms with Crippen molar-refractivity contribution in [1.29, 1.82) is 0 Å². The van der Waals surface area contributed by atoms with E-state index < -0.39 is 5.97 Å². The lowest BCUT2D eigenvalue weighted by molar-refractivity contribution is 0.0691. The number of nitrogens with zero attached hydrogens (tertiary/aromatic N) is 3. The van der Waals surface area contributed by atoms with E-state index in [9.17, 15) is 14.7 Å². The second kappa shape index (κ2) is 6.89. The molecule has 3 aromatic heterocycles. The van der Waals surface area contributed by atoms with Crippen molar-refractivity contribution in [2.45, 2.75) is 45.1 Å². The average Bonchev–Trinajstić information content (AvgIpc) is 3.13. The summed E-state index contributed by atoms with van der Waals surface area (Å²) in [6.45, 7) is 2.65. The topological polar surface area (TPSA) is 131 Å². The van der Waals surface area contributed by atoms with Crippen LogP contribution in [0.2, 0.25) is 0 Å². The summed E-state index contributed by atoms with van der Waals surface area (Å²) in [7, 11) is 0. The fourth-order valence-electron chi connectivity index (χ4n) is 3.63. The molecule has 1 fully saturated rings. The first-order chi connectivity index (χ1) is 14.0.